The van der Waals surface area contributed by atoms with Gasteiger partial charge >= 0.3 is 0 Å². The molecule has 0 unspecified atom stereocenters. The van der Waals surface area contributed by atoms with Crippen LogP contribution in [-0.2, 0) is 17.8 Å². The molecule has 110 valence electrons. The molecule has 0 saturated heterocycles. The summed E-state index contributed by atoms with van der Waals surface area (Å²) in [5.74, 6) is -0.296. The van der Waals surface area contributed by atoms with Crippen molar-refractivity contribution < 1.29 is 13.6 Å². The fourth-order valence-corrected chi connectivity index (χ4v) is 2.41. The first-order chi connectivity index (χ1) is 9.43. The maximum Gasteiger partial charge on any atom is 0.250 e. The van der Waals surface area contributed by atoms with Crippen LogP contribution < -0.4 is 11.1 Å². The Kier molecular flexibility index (Phi) is 4.60. The van der Waals surface area contributed by atoms with Gasteiger partial charge in [-0.15, -0.1) is 0 Å². The van der Waals surface area contributed by atoms with Crippen molar-refractivity contribution in [3.63, 3.8) is 0 Å². The van der Waals surface area contributed by atoms with Crippen LogP contribution in [0.1, 0.15) is 24.0 Å². The van der Waals surface area contributed by atoms with E-state index >= 15 is 0 Å². The van der Waals surface area contributed by atoms with Gasteiger partial charge < -0.3 is 11.1 Å². The lowest BCUT2D eigenvalue weighted by Crippen LogP contribution is -2.26. The number of nitrogens with two attached hydrogens (primary N) is 1. The van der Waals surface area contributed by atoms with Gasteiger partial charge in [0.1, 0.15) is 0 Å². The normalized spacial score (nSPS) is 16.4. The number of rotatable bonds is 7. The Hall–Kier alpha value is -1.20. The summed E-state index contributed by atoms with van der Waals surface area (Å²) < 4.78 is 24.1. The van der Waals surface area contributed by atoms with Crippen LogP contribution in [0.15, 0.2) is 18.2 Å². The third kappa shape index (κ3) is 3.67. The third-order valence-corrected chi connectivity index (χ3v) is 4.01. The molecule has 20 heavy (non-hydrogen) atoms. The minimum atomic E-state index is -2.37. The first-order valence-electron chi connectivity index (χ1n) is 6.49. The smallest absolute Gasteiger partial charge is 0.250 e. The lowest BCUT2D eigenvalue weighted by Gasteiger charge is -2.13. The monoisotopic (exact) mass is 302 g/mol. The molecule has 0 atom stereocenters. The van der Waals surface area contributed by atoms with Gasteiger partial charge in [-0.1, -0.05) is 23.7 Å². The van der Waals surface area contributed by atoms with Crippen LogP contribution in [0.4, 0.5) is 8.78 Å². The van der Waals surface area contributed by atoms with E-state index < -0.39 is 11.8 Å². The van der Waals surface area contributed by atoms with Crippen molar-refractivity contribution in [2.24, 2.45) is 11.1 Å². The van der Waals surface area contributed by atoms with E-state index in [1.165, 1.54) is 0 Å². The molecule has 1 amide bonds. The maximum atomic E-state index is 12.1. The van der Waals surface area contributed by atoms with E-state index in [1.54, 1.807) is 12.1 Å². The van der Waals surface area contributed by atoms with Crippen LogP contribution in [-0.4, -0.2) is 18.9 Å². The third-order valence-electron chi connectivity index (χ3n) is 3.64. The molecule has 1 fully saturated rings. The molecular weight excluding hydrogens is 286 g/mol. The Morgan fingerprint density at radius 2 is 2.15 bits per heavy atom. The zero-order chi connectivity index (χ0) is 14.8. The predicted octanol–water partition coefficient (Wildman–Crippen LogP) is 2.50. The zero-order valence-corrected chi connectivity index (χ0v) is 11.7. The predicted molar refractivity (Wildman–Crippen MR) is 73.7 cm³/mol. The molecule has 1 aliphatic carbocycles. The quantitative estimate of drug-likeness (QED) is 0.813. The van der Waals surface area contributed by atoms with Crippen molar-refractivity contribution in [3.8, 4) is 0 Å². The summed E-state index contributed by atoms with van der Waals surface area (Å²) in [4.78, 5) is 11.4. The number of benzene rings is 1. The van der Waals surface area contributed by atoms with E-state index in [0.29, 0.717) is 18.0 Å². The van der Waals surface area contributed by atoms with Gasteiger partial charge in [-0.3, -0.25) is 4.79 Å². The highest BCUT2D eigenvalue weighted by Gasteiger charge is 2.48. The van der Waals surface area contributed by atoms with Crippen LogP contribution in [0.3, 0.4) is 0 Å². The molecule has 1 aromatic rings. The maximum absolute atomic E-state index is 12.1. The second kappa shape index (κ2) is 6.06. The van der Waals surface area contributed by atoms with E-state index in [0.717, 1.165) is 24.0 Å². The van der Waals surface area contributed by atoms with E-state index in [2.05, 4.69) is 5.32 Å². The average Bonchev–Trinajstić information content (AvgIpc) is 3.14. The van der Waals surface area contributed by atoms with Gasteiger partial charge in [-0.2, -0.15) is 0 Å². The van der Waals surface area contributed by atoms with Crippen molar-refractivity contribution in [2.75, 3.05) is 6.54 Å². The Bertz CT molecular complexity index is 504. The van der Waals surface area contributed by atoms with Crippen LogP contribution >= 0.6 is 11.6 Å². The summed E-state index contributed by atoms with van der Waals surface area (Å²) in [5, 5.41) is 3.24. The fraction of sp³-hybridized carbons (Fsp3) is 0.500. The lowest BCUT2D eigenvalue weighted by atomic mass is 9.94. The van der Waals surface area contributed by atoms with E-state index in [9.17, 15) is 13.6 Å². The van der Waals surface area contributed by atoms with Gasteiger partial charge in [-0.25, -0.2) is 8.78 Å². The lowest BCUT2D eigenvalue weighted by molar-refractivity contribution is -0.123. The average molecular weight is 303 g/mol. The highest BCUT2D eigenvalue weighted by atomic mass is 35.5. The summed E-state index contributed by atoms with van der Waals surface area (Å²) in [5.41, 5.74) is 6.66. The van der Waals surface area contributed by atoms with Crippen molar-refractivity contribution in [2.45, 2.75) is 32.2 Å². The minimum absolute atomic E-state index is 0.296. The van der Waals surface area contributed by atoms with Crippen molar-refractivity contribution in [1.29, 1.82) is 0 Å². The van der Waals surface area contributed by atoms with Gasteiger partial charge in [0, 0.05) is 11.6 Å². The first kappa shape index (κ1) is 15.2. The summed E-state index contributed by atoms with van der Waals surface area (Å²) >= 11 is 6.13. The number of halogens is 3. The summed E-state index contributed by atoms with van der Waals surface area (Å²) in [7, 11) is 0. The van der Waals surface area contributed by atoms with Crippen molar-refractivity contribution >= 4 is 17.5 Å². The van der Waals surface area contributed by atoms with Crippen molar-refractivity contribution in [1.82, 2.24) is 5.32 Å². The highest BCUT2D eigenvalue weighted by Crippen LogP contribution is 2.48. The van der Waals surface area contributed by atoms with Crippen LogP contribution in [0.5, 0.6) is 0 Å². The van der Waals surface area contributed by atoms with Gasteiger partial charge in [0.25, 0.3) is 6.43 Å². The van der Waals surface area contributed by atoms with Gasteiger partial charge in [0.2, 0.25) is 5.91 Å². The number of nitrogens with one attached hydrogen (secondary N) is 1. The Balaban J connectivity index is 2.03. The Labute approximate surface area is 121 Å². The minimum Gasteiger partial charge on any atom is -0.369 e. The molecule has 0 aromatic heterocycles. The number of hydrogen-bond donors (Lipinski definition) is 2. The Morgan fingerprint density at radius 3 is 2.70 bits per heavy atom. The second-order valence-electron chi connectivity index (χ2n) is 5.27. The molecule has 6 heteroatoms. The van der Waals surface area contributed by atoms with Gasteiger partial charge in [-0.05, 0) is 36.5 Å². The summed E-state index contributed by atoms with van der Waals surface area (Å²) in [6, 6.07) is 5.37. The van der Waals surface area contributed by atoms with Crippen LogP contribution in [0.25, 0.3) is 0 Å². The molecule has 0 aliphatic heterocycles. The number of amides is 1. The van der Waals surface area contributed by atoms with E-state index in [4.69, 9.17) is 17.3 Å². The number of primary amides is 1. The molecule has 0 heterocycles. The Morgan fingerprint density at radius 1 is 1.45 bits per heavy atom. The van der Waals surface area contributed by atoms with E-state index in [-0.39, 0.29) is 12.5 Å². The van der Waals surface area contributed by atoms with Gasteiger partial charge in [0.05, 0.1) is 12.0 Å². The summed E-state index contributed by atoms with van der Waals surface area (Å²) in [6.07, 6.45) is -0.283. The molecule has 1 aliphatic rings. The molecule has 2 rings (SSSR count). The highest BCUT2D eigenvalue weighted by molar-refractivity contribution is 6.31. The molecule has 0 spiro atoms. The molecule has 3 N–H and O–H groups in total. The molecule has 0 bridgehead atoms. The summed E-state index contributed by atoms with van der Waals surface area (Å²) in [6.45, 7) is 0.00125. The molecule has 3 nitrogen and oxygen atoms in total. The number of hydrogen-bond acceptors (Lipinski definition) is 2. The number of carbonyl (C=O) groups is 1. The topological polar surface area (TPSA) is 55.1 Å². The molecule has 1 saturated carbocycles. The second-order valence-corrected chi connectivity index (χ2v) is 5.68. The molecule has 1 aromatic carbocycles. The largest absolute Gasteiger partial charge is 0.369 e. The first-order valence-corrected chi connectivity index (χ1v) is 6.87. The van der Waals surface area contributed by atoms with E-state index in [1.807, 2.05) is 6.07 Å². The molecular formula is C14H17ClF2N2O. The fourth-order valence-electron chi connectivity index (χ4n) is 2.22. The SMILES string of the molecule is NC(=O)C1(Cc2cc(CNCC(F)F)ccc2Cl)CC1. The number of alkyl halides is 2. The zero-order valence-electron chi connectivity index (χ0n) is 11.0. The van der Waals surface area contributed by atoms with Gasteiger partial charge in [0.15, 0.2) is 0 Å². The van der Waals surface area contributed by atoms with Crippen LogP contribution in [0, 0.1) is 5.41 Å². The molecule has 0 radical (unpaired) electrons. The standard InChI is InChI=1S/C14H17ClF2N2O/c15-11-2-1-9(7-19-8-12(16)17)5-10(11)6-14(3-4-14)13(18)20/h1-2,5,12,19H,3-4,6-8H2,(H2,18,20). The van der Waals surface area contributed by atoms with Crippen LogP contribution in [0.2, 0.25) is 5.02 Å². The number of carbonyl (C=O) groups excluding carboxylic acids is 1. The van der Waals surface area contributed by atoms with Crippen molar-refractivity contribution in [3.05, 3.63) is 34.3 Å².